The SMILES string of the molecule is CC(CCN1CCN(C)CC1)Nc1nnc(-c2ccccn2)s1. The monoisotopic (exact) mass is 332 g/mol. The second kappa shape index (κ2) is 7.81. The smallest absolute Gasteiger partial charge is 0.206 e. The third-order valence-corrected chi connectivity index (χ3v) is 5.03. The minimum absolute atomic E-state index is 0.388. The zero-order valence-corrected chi connectivity index (χ0v) is 14.6. The van der Waals surface area contributed by atoms with Gasteiger partial charge in [-0.3, -0.25) is 4.98 Å². The van der Waals surface area contributed by atoms with E-state index < -0.39 is 0 Å². The summed E-state index contributed by atoms with van der Waals surface area (Å²) in [5.41, 5.74) is 0.878. The standard InChI is InChI=1S/C16H24N6S/c1-13(6-8-22-11-9-21(2)10-12-22)18-16-20-19-15(23-16)14-5-3-4-7-17-14/h3-5,7,13H,6,8-12H2,1-2H3,(H,18,20). The van der Waals surface area contributed by atoms with Crippen molar-refractivity contribution < 1.29 is 0 Å². The Morgan fingerprint density at radius 2 is 2.04 bits per heavy atom. The first-order valence-electron chi connectivity index (χ1n) is 8.13. The maximum atomic E-state index is 4.31. The molecular formula is C16H24N6S. The van der Waals surface area contributed by atoms with Crippen molar-refractivity contribution in [1.82, 2.24) is 25.0 Å². The third-order valence-electron chi connectivity index (χ3n) is 4.15. The maximum Gasteiger partial charge on any atom is 0.206 e. The number of piperazine rings is 1. The van der Waals surface area contributed by atoms with Gasteiger partial charge in [0.2, 0.25) is 5.13 Å². The zero-order chi connectivity index (χ0) is 16.1. The van der Waals surface area contributed by atoms with Gasteiger partial charge in [0, 0.05) is 45.0 Å². The first-order chi connectivity index (χ1) is 11.2. The van der Waals surface area contributed by atoms with Crippen molar-refractivity contribution in [3.8, 4) is 10.7 Å². The van der Waals surface area contributed by atoms with Crippen molar-refractivity contribution in [2.24, 2.45) is 0 Å². The highest BCUT2D eigenvalue weighted by Crippen LogP contribution is 2.25. The number of rotatable bonds is 6. The Bertz CT molecular complexity index is 594. The summed E-state index contributed by atoms with van der Waals surface area (Å²) in [7, 11) is 2.19. The van der Waals surface area contributed by atoms with Gasteiger partial charge in [-0.1, -0.05) is 17.4 Å². The Morgan fingerprint density at radius 1 is 1.22 bits per heavy atom. The molecule has 0 saturated carbocycles. The van der Waals surface area contributed by atoms with Gasteiger partial charge in [-0.15, -0.1) is 10.2 Å². The lowest BCUT2D eigenvalue weighted by molar-refractivity contribution is 0.151. The van der Waals surface area contributed by atoms with Gasteiger partial charge in [-0.05, 0) is 32.5 Å². The zero-order valence-electron chi connectivity index (χ0n) is 13.8. The van der Waals surface area contributed by atoms with Crippen LogP contribution < -0.4 is 5.32 Å². The number of aromatic nitrogens is 3. The second-order valence-electron chi connectivity index (χ2n) is 6.11. The average Bonchev–Trinajstić information content (AvgIpc) is 3.04. The Hall–Kier alpha value is -1.57. The summed E-state index contributed by atoms with van der Waals surface area (Å²) in [6.07, 6.45) is 2.89. The fourth-order valence-electron chi connectivity index (χ4n) is 2.60. The van der Waals surface area contributed by atoms with Crippen molar-refractivity contribution in [1.29, 1.82) is 0 Å². The summed E-state index contributed by atoms with van der Waals surface area (Å²) >= 11 is 1.56. The summed E-state index contributed by atoms with van der Waals surface area (Å²) in [5.74, 6) is 0. The molecular weight excluding hydrogens is 308 g/mol. The fourth-order valence-corrected chi connectivity index (χ4v) is 3.44. The van der Waals surface area contributed by atoms with E-state index >= 15 is 0 Å². The summed E-state index contributed by atoms with van der Waals surface area (Å²) in [6, 6.07) is 6.22. The van der Waals surface area contributed by atoms with Gasteiger partial charge in [0.1, 0.15) is 5.69 Å². The van der Waals surface area contributed by atoms with Crippen LogP contribution in [0.4, 0.5) is 5.13 Å². The molecule has 1 aliphatic heterocycles. The topological polar surface area (TPSA) is 57.2 Å². The fraction of sp³-hybridized carbons (Fsp3) is 0.562. The Balaban J connectivity index is 1.47. The summed E-state index contributed by atoms with van der Waals surface area (Å²) in [6.45, 7) is 8.03. The number of nitrogens with one attached hydrogen (secondary N) is 1. The first kappa shape index (κ1) is 16.3. The van der Waals surface area contributed by atoms with E-state index in [9.17, 15) is 0 Å². The highest BCUT2D eigenvalue weighted by Gasteiger charge is 2.15. The van der Waals surface area contributed by atoms with E-state index in [1.807, 2.05) is 18.2 Å². The molecule has 7 heteroatoms. The molecule has 0 aromatic carbocycles. The van der Waals surface area contributed by atoms with Crippen molar-refractivity contribution >= 4 is 16.5 Å². The van der Waals surface area contributed by atoms with Crippen molar-refractivity contribution in [3.05, 3.63) is 24.4 Å². The van der Waals surface area contributed by atoms with Crippen LogP contribution >= 0.6 is 11.3 Å². The number of hydrogen-bond acceptors (Lipinski definition) is 7. The first-order valence-corrected chi connectivity index (χ1v) is 8.95. The molecule has 3 heterocycles. The van der Waals surface area contributed by atoms with Gasteiger partial charge in [0.15, 0.2) is 5.01 Å². The Morgan fingerprint density at radius 3 is 2.78 bits per heavy atom. The average molecular weight is 332 g/mol. The molecule has 124 valence electrons. The van der Waals surface area contributed by atoms with Crippen LogP contribution in [0.15, 0.2) is 24.4 Å². The van der Waals surface area contributed by atoms with Gasteiger partial charge in [0.25, 0.3) is 0 Å². The number of pyridine rings is 1. The van der Waals surface area contributed by atoms with Crippen LogP contribution in [0.1, 0.15) is 13.3 Å². The lowest BCUT2D eigenvalue weighted by Gasteiger charge is -2.32. The maximum absolute atomic E-state index is 4.31. The van der Waals surface area contributed by atoms with E-state index in [1.54, 1.807) is 17.5 Å². The van der Waals surface area contributed by atoms with Crippen molar-refractivity contribution in [2.45, 2.75) is 19.4 Å². The lowest BCUT2D eigenvalue weighted by Crippen LogP contribution is -2.45. The largest absolute Gasteiger partial charge is 0.358 e. The predicted octanol–water partition coefficient (Wildman–Crippen LogP) is 2.04. The minimum atomic E-state index is 0.388. The summed E-state index contributed by atoms with van der Waals surface area (Å²) < 4.78 is 0. The quantitative estimate of drug-likeness (QED) is 0.874. The molecule has 1 fully saturated rings. The highest BCUT2D eigenvalue weighted by atomic mass is 32.1. The van der Waals surface area contributed by atoms with Gasteiger partial charge in [0.05, 0.1) is 0 Å². The molecule has 1 unspecified atom stereocenters. The Kier molecular flexibility index (Phi) is 5.53. The van der Waals surface area contributed by atoms with Gasteiger partial charge >= 0.3 is 0 Å². The van der Waals surface area contributed by atoms with Crippen LogP contribution in [-0.2, 0) is 0 Å². The van der Waals surface area contributed by atoms with Crippen molar-refractivity contribution in [3.63, 3.8) is 0 Å². The number of hydrogen-bond donors (Lipinski definition) is 1. The van der Waals surface area contributed by atoms with Crippen LogP contribution in [0.3, 0.4) is 0 Å². The molecule has 2 aromatic heterocycles. The van der Waals surface area contributed by atoms with Crippen LogP contribution in [0.2, 0.25) is 0 Å². The molecule has 3 rings (SSSR count). The molecule has 1 N–H and O–H groups in total. The van der Waals surface area contributed by atoms with Gasteiger partial charge in [-0.25, -0.2) is 0 Å². The second-order valence-corrected chi connectivity index (χ2v) is 7.08. The van der Waals surface area contributed by atoms with Crippen molar-refractivity contribution in [2.75, 3.05) is 45.1 Å². The Labute approximate surface area is 141 Å². The molecule has 0 amide bonds. The number of anilines is 1. The molecule has 0 spiro atoms. The molecule has 1 saturated heterocycles. The van der Waals surface area contributed by atoms with E-state index in [4.69, 9.17) is 0 Å². The molecule has 6 nitrogen and oxygen atoms in total. The van der Waals surface area contributed by atoms with E-state index in [2.05, 4.69) is 44.3 Å². The molecule has 0 radical (unpaired) electrons. The van der Waals surface area contributed by atoms with E-state index in [0.717, 1.165) is 28.8 Å². The molecule has 0 bridgehead atoms. The predicted molar refractivity (Wildman–Crippen MR) is 94.8 cm³/mol. The normalized spacial score (nSPS) is 18.0. The summed E-state index contributed by atoms with van der Waals surface area (Å²) in [5, 5.41) is 13.7. The number of nitrogens with zero attached hydrogens (tertiary/aromatic N) is 5. The lowest BCUT2D eigenvalue weighted by atomic mass is 10.2. The molecule has 1 atom stereocenters. The summed E-state index contributed by atoms with van der Waals surface area (Å²) in [4.78, 5) is 9.24. The van der Waals surface area contributed by atoms with E-state index in [-0.39, 0.29) is 0 Å². The third kappa shape index (κ3) is 4.70. The molecule has 23 heavy (non-hydrogen) atoms. The molecule has 1 aliphatic rings. The van der Waals surface area contributed by atoms with Crippen LogP contribution in [0.25, 0.3) is 10.7 Å². The molecule has 0 aliphatic carbocycles. The highest BCUT2D eigenvalue weighted by molar-refractivity contribution is 7.18. The van der Waals surface area contributed by atoms with Crippen LogP contribution in [0, 0.1) is 0 Å². The van der Waals surface area contributed by atoms with Crippen LogP contribution in [0.5, 0.6) is 0 Å². The van der Waals surface area contributed by atoms with E-state index in [0.29, 0.717) is 6.04 Å². The molecule has 2 aromatic rings. The van der Waals surface area contributed by atoms with E-state index in [1.165, 1.54) is 26.2 Å². The van der Waals surface area contributed by atoms with Crippen LogP contribution in [-0.4, -0.2) is 70.8 Å². The van der Waals surface area contributed by atoms with Gasteiger partial charge < -0.3 is 15.1 Å². The minimum Gasteiger partial charge on any atom is -0.358 e. The van der Waals surface area contributed by atoms with Gasteiger partial charge in [-0.2, -0.15) is 0 Å². The number of likely N-dealkylation sites (N-methyl/N-ethyl adjacent to an activating group) is 1.